The molecule has 3 aromatic rings. The van der Waals surface area contributed by atoms with Crippen LogP contribution in [0.4, 0.5) is 10.5 Å². The summed E-state index contributed by atoms with van der Waals surface area (Å²) in [5.41, 5.74) is 1.18. The first-order valence-electron chi connectivity index (χ1n) is 12.4. The number of benzene rings is 3. The number of nitriles is 1. The van der Waals surface area contributed by atoms with Crippen molar-refractivity contribution >= 4 is 46.7 Å². The van der Waals surface area contributed by atoms with Crippen molar-refractivity contribution in [3.63, 3.8) is 0 Å². The summed E-state index contributed by atoms with van der Waals surface area (Å²) in [6.45, 7) is 0.844. The van der Waals surface area contributed by atoms with Gasteiger partial charge in [0, 0.05) is 36.1 Å². The summed E-state index contributed by atoms with van der Waals surface area (Å²) in [4.78, 5) is 45.2. The van der Waals surface area contributed by atoms with Gasteiger partial charge in [-0.2, -0.15) is 5.26 Å². The largest absolute Gasteiger partial charge is 0.338 e. The molecule has 1 N–H and O–H groups in total. The van der Waals surface area contributed by atoms with Gasteiger partial charge in [-0.3, -0.25) is 9.59 Å². The topological polar surface area (TPSA) is 96.8 Å². The second kappa shape index (κ2) is 10.7. The number of hydrogen-bond acceptors (Lipinski definition) is 5. The summed E-state index contributed by atoms with van der Waals surface area (Å²) in [6.07, 6.45) is 0. The molecule has 4 amide bonds. The average Bonchev–Trinajstić information content (AvgIpc) is 3.42. The molecule has 2 aliphatic heterocycles. The molecule has 1 spiro atoms. The van der Waals surface area contributed by atoms with Gasteiger partial charge >= 0.3 is 6.03 Å². The van der Waals surface area contributed by atoms with Gasteiger partial charge in [0.15, 0.2) is 0 Å². The van der Waals surface area contributed by atoms with E-state index in [1.54, 1.807) is 36.2 Å². The number of rotatable bonds is 6. The third kappa shape index (κ3) is 4.85. The van der Waals surface area contributed by atoms with Gasteiger partial charge < -0.3 is 15.1 Å². The predicted molar refractivity (Wildman–Crippen MR) is 148 cm³/mol. The highest BCUT2D eigenvalue weighted by atomic mass is 35.5. The minimum atomic E-state index is -1.35. The number of amides is 4. The van der Waals surface area contributed by atoms with E-state index in [0.717, 1.165) is 16.0 Å². The second-order valence-corrected chi connectivity index (χ2v) is 10.6. The lowest BCUT2D eigenvalue weighted by Gasteiger charge is -2.33. The van der Waals surface area contributed by atoms with Crippen molar-refractivity contribution in [1.29, 1.82) is 5.26 Å². The Morgan fingerprint density at radius 3 is 2.36 bits per heavy atom. The number of nitrogens with zero attached hydrogens (tertiary/aromatic N) is 4. The molecule has 198 valence electrons. The summed E-state index contributed by atoms with van der Waals surface area (Å²) in [6, 6.07) is 22.7. The van der Waals surface area contributed by atoms with Crippen molar-refractivity contribution in [2.45, 2.75) is 18.0 Å². The molecule has 0 radical (unpaired) electrons. The van der Waals surface area contributed by atoms with Gasteiger partial charge in [-0.1, -0.05) is 65.7 Å². The van der Waals surface area contributed by atoms with E-state index in [1.807, 2.05) is 30.3 Å². The number of nitrogens with one attached hydrogen (secondary N) is 1. The quantitative estimate of drug-likeness (QED) is 0.449. The van der Waals surface area contributed by atoms with E-state index in [9.17, 15) is 19.6 Å². The van der Waals surface area contributed by atoms with Crippen molar-refractivity contribution in [3.05, 3.63) is 99.5 Å². The third-order valence-electron chi connectivity index (χ3n) is 7.41. The van der Waals surface area contributed by atoms with E-state index < -0.39 is 23.4 Å². The van der Waals surface area contributed by atoms with E-state index in [2.05, 4.69) is 11.4 Å². The summed E-state index contributed by atoms with van der Waals surface area (Å²) in [7, 11) is 1.57. The predicted octanol–water partition coefficient (Wildman–Crippen LogP) is 4.42. The maximum atomic E-state index is 14.2. The second-order valence-electron chi connectivity index (χ2n) is 9.68. The third-order valence-corrected chi connectivity index (χ3v) is 7.85. The van der Waals surface area contributed by atoms with Gasteiger partial charge in [-0.15, -0.1) is 0 Å². The van der Waals surface area contributed by atoms with Crippen molar-refractivity contribution < 1.29 is 14.4 Å². The monoisotopic (exact) mass is 561 g/mol. The smallest absolute Gasteiger partial charge is 0.332 e. The van der Waals surface area contributed by atoms with Gasteiger partial charge in [0.05, 0.1) is 30.4 Å². The van der Waals surface area contributed by atoms with Crippen molar-refractivity contribution in [2.75, 3.05) is 31.6 Å². The summed E-state index contributed by atoms with van der Waals surface area (Å²) in [5.74, 6) is -1.17. The molecular weight excluding hydrogens is 537 g/mol. The number of likely N-dealkylation sites (tertiary alicyclic amines) is 1. The lowest BCUT2D eigenvalue weighted by atomic mass is 9.80. The van der Waals surface area contributed by atoms with Gasteiger partial charge in [0.25, 0.3) is 5.91 Å². The Morgan fingerprint density at radius 1 is 1.05 bits per heavy atom. The molecule has 2 saturated heterocycles. The molecule has 0 bridgehead atoms. The van der Waals surface area contributed by atoms with Crippen LogP contribution in [0, 0.1) is 11.3 Å². The summed E-state index contributed by atoms with van der Waals surface area (Å²) >= 11 is 12.4. The fourth-order valence-corrected chi connectivity index (χ4v) is 5.93. The van der Waals surface area contributed by atoms with E-state index in [-0.39, 0.29) is 41.3 Å². The highest BCUT2D eigenvalue weighted by molar-refractivity contribution is 6.35. The highest BCUT2D eigenvalue weighted by Crippen LogP contribution is 2.46. The van der Waals surface area contributed by atoms with Gasteiger partial charge in [0.1, 0.15) is 5.54 Å². The number of anilines is 1. The Labute approximate surface area is 236 Å². The molecule has 2 fully saturated rings. The van der Waals surface area contributed by atoms with E-state index in [0.29, 0.717) is 12.1 Å². The van der Waals surface area contributed by atoms with Crippen LogP contribution in [0.15, 0.2) is 72.8 Å². The van der Waals surface area contributed by atoms with Crippen LogP contribution < -0.4 is 10.2 Å². The van der Waals surface area contributed by atoms with Crippen LogP contribution in [0.2, 0.25) is 10.0 Å². The molecule has 2 unspecified atom stereocenters. The van der Waals surface area contributed by atoms with Crippen LogP contribution in [0.25, 0.3) is 0 Å². The lowest BCUT2D eigenvalue weighted by Crippen LogP contribution is -2.54. The van der Waals surface area contributed by atoms with E-state index >= 15 is 0 Å². The molecule has 2 atom stereocenters. The molecule has 10 heteroatoms. The fourth-order valence-electron chi connectivity index (χ4n) is 5.42. The molecule has 0 saturated carbocycles. The first kappa shape index (κ1) is 26.7. The maximum Gasteiger partial charge on any atom is 0.332 e. The zero-order valence-electron chi connectivity index (χ0n) is 21.1. The van der Waals surface area contributed by atoms with Crippen molar-refractivity contribution in [2.24, 2.45) is 0 Å². The standard InChI is InChI=1S/C29H25Cl2N5O3/c1-34-28(39)36(24-12-22(30)11-23(31)13-24)27(38)29(34)18-35(17-25(29)21-9-7-19(14-32)8-10-21)26(37)16-33-15-20-5-3-2-4-6-20/h2-13,25,33H,15-18H2,1H3. The Hall–Kier alpha value is -3.90. The molecule has 8 nitrogen and oxygen atoms in total. The van der Waals surface area contributed by atoms with Crippen LogP contribution in [-0.2, 0) is 16.1 Å². The van der Waals surface area contributed by atoms with Crippen LogP contribution in [0.3, 0.4) is 0 Å². The molecule has 0 aromatic heterocycles. The first-order chi connectivity index (χ1) is 18.7. The number of urea groups is 1. The minimum absolute atomic E-state index is 0.0232. The van der Waals surface area contributed by atoms with E-state index in [1.165, 1.54) is 23.1 Å². The molecule has 3 aromatic carbocycles. The zero-order chi connectivity index (χ0) is 27.7. The number of likely N-dealkylation sites (N-methyl/N-ethyl adjacent to an activating group) is 1. The van der Waals surface area contributed by atoms with Crippen LogP contribution in [0.5, 0.6) is 0 Å². The maximum absolute atomic E-state index is 14.2. The Balaban J connectivity index is 1.47. The minimum Gasteiger partial charge on any atom is -0.338 e. The Morgan fingerprint density at radius 2 is 1.72 bits per heavy atom. The van der Waals surface area contributed by atoms with Gasteiger partial charge in [0.2, 0.25) is 5.91 Å². The average molecular weight is 562 g/mol. The van der Waals surface area contributed by atoms with Crippen LogP contribution in [-0.4, -0.2) is 59.9 Å². The number of halogens is 2. The number of carbonyl (C=O) groups is 3. The summed E-state index contributed by atoms with van der Waals surface area (Å²) < 4.78 is 0. The van der Waals surface area contributed by atoms with Gasteiger partial charge in [-0.25, -0.2) is 9.69 Å². The zero-order valence-corrected chi connectivity index (χ0v) is 22.6. The van der Waals surface area contributed by atoms with Crippen LogP contribution >= 0.6 is 23.2 Å². The normalized spacial score (nSPS) is 20.7. The number of carbonyl (C=O) groups excluding carboxylic acids is 3. The molecule has 2 heterocycles. The van der Waals surface area contributed by atoms with Gasteiger partial charge in [-0.05, 0) is 41.5 Å². The molecule has 0 aliphatic carbocycles. The fraction of sp³-hybridized carbons (Fsp3) is 0.241. The van der Waals surface area contributed by atoms with Crippen molar-refractivity contribution in [3.8, 4) is 6.07 Å². The molecule has 39 heavy (non-hydrogen) atoms. The Kier molecular flexibility index (Phi) is 7.32. The highest BCUT2D eigenvalue weighted by Gasteiger charge is 2.64. The van der Waals surface area contributed by atoms with Crippen molar-refractivity contribution in [1.82, 2.24) is 15.1 Å². The van der Waals surface area contributed by atoms with E-state index in [4.69, 9.17) is 23.2 Å². The molecule has 5 rings (SSSR count). The molecular formula is C29H25Cl2N5O3. The summed E-state index contributed by atoms with van der Waals surface area (Å²) in [5, 5.41) is 13.0. The lowest BCUT2D eigenvalue weighted by molar-refractivity contribution is -0.130. The number of hydrogen-bond donors (Lipinski definition) is 1. The van der Waals surface area contributed by atoms with Crippen LogP contribution in [0.1, 0.15) is 22.6 Å². The molecule has 2 aliphatic rings. The SMILES string of the molecule is CN1C(=O)N(c2cc(Cl)cc(Cl)c2)C(=O)C12CN(C(=O)CNCc1ccccc1)CC2c1ccc(C#N)cc1. The number of imide groups is 1. The Bertz CT molecular complexity index is 1450. The first-order valence-corrected chi connectivity index (χ1v) is 13.1.